The molecule has 1 aromatic rings. The molecule has 0 aliphatic heterocycles. The van der Waals surface area contributed by atoms with Crippen LogP contribution in [0.15, 0.2) is 12.1 Å². The summed E-state index contributed by atoms with van der Waals surface area (Å²) in [5.41, 5.74) is 0.153. The van der Waals surface area contributed by atoms with Crippen LogP contribution in [0.25, 0.3) is 0 Å². The number of carbonyl (C=O) groups excluding carboxylic acids is 1. The molecule has 1 aromatic heterocycles. The largest absolute Gasteiger partial charge is 0.468 e. The number of pyridine rings is 1. The van der Waals surface area contributed by atoms with E-state index in [9.17, 15) is 4.79 Å². The van der Waals surface area contributed by atoms with E-state index in [1.807, 2.05) is 13.0 Å². The number of aromatic nitrogens is 1. The smallest absolute Gasteiger partial charge is 0.325 e. The van der Waals surface area contributed by atoms with Crippen molar-refractivity contribution in [2.45, 2.75) is 13.3 Å². The van der Waals surface area contributed by atoms with Crippen LogP contribution in [0.3, 0.4) is 0 Å². The van der Waals surface area contributed by atoms with Gasteiger partial charge in [-0.05, 0) is 18.6 Å². The molecule has 5 nitrogen and oxygen atoms in total. The normalized spacial score (nSPS) is 9.67. The number of nitrogens with zero attached hydrogens (tertiary/aromatic N) is 3. The molecule has 0 aromatic carbocycles. The summed E-state index contributed by atoms with van der Waals surface area (Å²) < 4.78 is 4.63. The predicted molar refractivity (Wildman–Crippen MR) is 68.5 cm³/mol. The molecule has 0 aliphatic rings. The molecule has 0 spiro atoms. The van der Waals surface area contributed by atoms with Crippen LogP contribution in [0.2, 0.25) is 5.02 Å². The first-order valence-corrected chi connectivity index (χ1v) is 5.88. The van der Waals surface area contributed by atoms with Gasteiger partial charge in [-0.2, -0.15) is 5.26 Å². The highest BCUT2D eigenvalue weighted by Crippen LogP contribution is 2.18. The van der Waals surface area contributed by atoms with E-state index >= 15 is 0 Å². The predicted octanol–water partition coefficient (Wildman–Crippen LogP) is 2.00. The number of halogens is 1. The first-order valence-electron chi connectivity index (χ1n) is 5.50. The Labute approximate surface area is 111 Å². The van der Waals surface area contributed by atoms with Crippen molar-refractivity contribution >= 4 is 23.4 Å². The van der Waals surface area contributed by atoms with E-state index in [1.165, 1.54) is 7.11 Å². The fraction of sp³-hybridized carbons (Fsp3) is 0.417. The Morgan fingerprint density at radius 2 is 2.33 bits per heavy atom. The fourth-order valence-corrected chi connectivity index (χ4v) is 1.60. The van der Waals surface area contributed by atoms with Gasteiger partial charge >= 0.3 is 5.97 Å². The summed E-state index contributed by atoms with van der Waals surface area (Å²) in [4.78, 5) is 17.2. The lowest BCUT2D eigenvalue weighted by molar-refractivity contribution is -0.138. The molecule has 0 aliphatic carbocycles. The summed E-state index contributed by atoms with van der Waals surface area (Å²) in [5.74, 6) is 0.196. The van der Waals surface area contributed by atoms with Crippen LogP contribution >= 0.6 is 11.6 Å². The summed E-state index contributed by atoms with van der Waals surface area (Å²) in [6.45, 7) is 2.74. The number of esters is 1. The molecule has 0 saturated heterocycles. The number of methoxy groups -OCH3 is 1. The third kappa shape index (κ3) is 3.60. The van der Waals surface area contributed by atoms with Crippen LogP contribution in [-0.2, 0) is 9.53 Å². The fourth-order valence-electron chi connectivity index (χ4n) is 1.45. The monoisotopic (exact) mass is 267 g/mol. The van der Waals surface area contributed by atoms with Gasteiger partial charge in [-0.25, -0.2) is 4.98 Å². The minimum Gasteiger partial charge on any atom is -0.468 e. The van der Waals surface area contributed by atoms with Crippen LogP contribution < -0.4 is 4.90 Å². The lowest BCUT2D eigenvalue weighted by atomic mass is 10.3. The van der Waals surface area contributed by atoms with Crippen molar-refractivity contribution in [3.63, 3.8) is 0 Å². The van der Waals surface area contributed by atoms with Gasteiger partial charge in [-0.15, -0.1) is 0 Å². The van der Waals surface area contributed by atoms with E-state index in [1.54, 1.807) is 17.0 Å². The molecule has 6 heteroatoms. The highest BCUT2D eigenvalue weighted by atomic mass is 35.5. The molecule has 1 rings (SSSR count). The highest BCUT2D eigenvalue weighted by molar-refractivity contribution is 6.31. The van der Waals surface area contributed by atoms with Gasteiger partial charge in [0.15, 0.2) is 5.69 Å². The molecule has 0 bridgehead atoms. The van der Waals surface area contributed by atoms with Gasteiger partial charge in [-0.3, -0.25) is 4.79 Å². The lowest BCUT2D eigenvalue weighted by Gasteiger charge is -2.21. The maximum Gasteiger partial charge on any atom is 0.325 e. The van der Waals surface area contributed by atoms with Gasteiger partial charge in [0, 0.05) is 6.54 Å². The Kier molecular flexibility index (Phi) is 5.40. The first kappa shape index (κ1) is 14.3. The summed E-state index contributed by atoms with van der Waals surface area (Å²) in [6, 6.07) is 5.20. The van der Waals surface area contributed by atoms with Crippen LogP contribution in [0.4, 0.5) is 5.82 Å². The SMILES string of the molecule is CCCN(CC(=O)OC)c1ccc(Cl)c(C#N)n1. The van der Waals surface area contributed by atoms with Crippen molar-refractivity contribution in [3.05, 3.63) is 22.8 Å². The zero-order valence-electron chi connectivity index (χ0n) is 10.3. The van der Waals surface area contributed by atoms with Gasteiger partial charge in [0.25, 0.3) is 0 Å². The molecule has 0 fully saturated rings. The van der Waals surface area contributed by atoms with Crippen LogP contribution in [0.1, 0.15) is 19.0 Å². The zero-order valence-corrected chi connectivity index (χ0v) is 11.1. The van der Waals surface area contributed by atoms with E-state index in [0.29, 0.717) is 17.4 Å². The minimum atomic E-state index is -0.348. The molecule has 0 amide bonds. The molecular weight excluding hydrogens is 254 g/mol. The zero-order chi connectivity index (χ0) is 13.5. The Bertz CT molecular complexity index is 471. The van der Waals surface area contributed by atoms with E-state index in [4.69, 9.17) is 16.9 Å². The van der Waals surface area contributed by atoms with E-state index < -0.39 is 0 Å². The number of hydrogen-bond acceptors (Lipinski definition) is 5. The van der Waals surface area contributed by atoms with Crippen molar-refractivity contribution in [3.8, 4) is 6.07 Å². The molecule has 0 radical (unpaired) electrons. The lowest BCUT2D eigenvalue weighted by Crippen LogP contribution is -2.32. The molecule has 0 saturated carbocycles. The van der Waals surface area contributed by atoms with Gasteiger partial charge in [-0.1, -0.05) is 18.5 Å². The van der Waals surface area contributed by atoms with Gasteiger partial charge in [0.2, 0.25) is 0 Å². The minimum absolute atomic E-state index is 0.101. The maximum absolute atomic E-state index is 11.3. The number of hydrogen-bond donors (Lipinski definition) is 0. The third-order valence-corrected chi connectivity index (χ3v) is 2.61. The Hall–Kier alpha value is -1.80. The maximum atomic E-state index is 11.3. The molecule has 0 N–H and O–H groups in total. The standard InChI is InChI=1S/C12H14ClN3O2/c1-3-6-16(8-12(17)18-2)11-5-4-9(13)10(7-14)15-11/h4-5H,3,6,8H2,1-2H3. The second-order valence-corrected chi connectivity index (χ2v) is 4.02. The summed E-state index contributed by atoms with van der Waals surface area (Å²) in [6.07, 6.45) is 0.850. The van der Waals surface area contributed by atoms with Crippen molar-refractivity contribution in [2.75, 3.05) is 25.1 Å². The van der Waals surface area contributed by atoms with Crippen molar-refractivity contribution in [1.29, 1.82) is 5.26 Å². The quantitative estimate of drug-likeness (QED) is 0.764. The van der Waals surface area contributed by atoms with Crippen molar-refractivity contribution < 1.29 is 9.53 Å². The highest BCUT2D eigenvalue weighted by Gasteiger charge is 2.14. The first-order chi connectivity index (χ1) is 8.62. The molecular formula is C12H14ClN3O2. The van der Waals surface area contributed by atoms with Gasteiger partial charge < -0.3 is 9.64 Å². The number of carbonyl (C=O) groups is 1. The summed E-state index contributed by atoms with van der Waals surface area (Å²) in [5, 5.41) is 9.18. The van der Waals surface area contributed by atoms with Crippen LogP contribution in [0.5, 0.6) is 0 Å². The summed E-state index contributed by atoms with van der Waals surface area (Å²) in [7, 11) is 1.34. The van der Waals surface area contributed by atoms with E-state index in [-0.39, 0.29) is 18.2 Å². The number of ether oxygens (including phenoxy) is 1. The second kappa shape index (κ2) is 6.82. The average Bonchev–Trinajstić information content (AvgIpc) is 2.38. The number of anilines is 1. The number of nitriles is 1. The van der Waals surface area contributed by atoms with Crippen molar-refractivity contribution in [2.24, 2.45) is 0 Å². The van der Waals surface area contributed by atoms with Gasteiger partial charge in [0.1, 0.15) is 18.4 Å². The second-order valence-electron chi connectivity index (χ2n) is 3.61. The topological polar surface area (TPSA) is 66.2 Å². The van der Waals surface area contributed by atoms with E-state index in [0.717, 1.165) is 6.42 Å². The number of rotatable bonds is 5. The van der Waals surface area contributed by atoms with Gasteiger partial charge in [0.05, 0.1) is 12.1 Å². The van der Waals surface area contributed by atoms with Crippen molar-refractivity contribution in [1.82, 2.24) is 4.98 Å². The average molecular weight is 268 g/mol. The molecule has 0 unspecified atom stereocenters. The molecule has 1 heterocycles. The van der Waals surface area contributed by atoms with Crippen LogP contribution in [0, 0.1) is 11.3 Å². The van der Waals surface area contributed by atoms with E-state index in [2.05, 4.69) is 9.72 Å². The molecule has 96 valence electrons. The molecule has 0 atom stereocenters. The molecule has 18 heavy (non-hydrogen) atoms. The Morgan fingerprint density at radius 1 is 1.61 bits per heavy atom. The third-order valence-electron chi connectivity index (χ3n) is 2.30. The Balaban J connectivity index is 2.98. The van der Waals surface area contributed by atoms with Crippen LogP contribution in [-0.4, -0.2) is 31.2 Å². The summed E-state index contributed by atoms with van der Waals surface area (Å²) >= 11 is 5.82. The Morgan fingerprint density at radius 3 is 2.89 bits per heavy atom.